The zero-order chi connectivity index (χ0) is 13.8. The number of carbonyl (C=O) groups excluding carboxylic acids is 1. The van der Waals surface area contributed by atoms with Gasteiger partial charge in [0.25, 0.3) is 5.78 Å². The number of Topliss-reactive ketones (excluding diaryl/α,β-unsaturated/α-hetero) is 1. The SMILES string of the molecule is CCOc1ccc(C(=O)C(F)(F)F)cc1OCC. The number of ketones is 1. The first kappa shape index (κ1) is 14.3. The summed E-state index contributed by atoms with van der Waals surface area (Å²) in [7, 11) is 0. The van der Waals surface area contributed by atoms with Gasteiger partial charge in [-0.25, -0.2) is 0 Å². The van der Waals surface area contributed by atoms with Gasteiger partial charge < -0.3 is 9.47 Å². The summed E-state index contributed by atoms with van der Waals surface area (Å²) in [4.78, 5) is 11.1. The maximum Gasteiger partial charge on any atom is 0.454 e. The maximum absolute atomic E-state index is 12.3. The van der Waals surface area contributed by atoms with Crippen LogP contribution in [-0.4, -0.2) is 25.2 Å². The Kier molecular flexibility index (Phi) is 4.58. The topological polar surface area (TPSA) is 35.5 Å². The summed E-state index contributed by atoms with van der Waals surface area (Å²) in [6.45, 7) is 4.05. The van der Waals surface area contributed by atoms with Crippen LogP contribution in [0.5, 0.6) is 11.5 Å². The molecule has 1 aromatic carbocycles. The van der Waals surface area contributed by atoms with E-state index in [0.717, 1.165) is 12.1 Å². The fourth-order valence-electron chi connectivity index (χ4n) is 1.36. The van der Waals surface area contributed by atoms with Gasteiger partial charge in [-0.1, -0.05) is 0 Å². The number of carbonyl (C=O) groups is 1. The van der Waals surface area contributed by atoms with Gasteiger partial charge in [0, 0.05) is 5.56 Å². The highest BCUT2D eigenvalue weighted by atomic mass is 19.4. The average Bonchev–Trinajstić information content (AvgIpc) is 2.30. The molecule has 0 atom stereocenters. The summed E-state index contributed by atoms with van der Waals surface area (Å²) >= 11 is 0. The average molecular weight is 262 g/mol. The number of alkyl halides is 3. The molecule has 0 aromatic heterocycles. The number of ether oxygens (including phenoxy) is 2. The van der Waals surface area contributed by atoms with E-state index < -0.39 is 17.5 Å². The third-order valence-electron chi connectivity index (χ3n) is 2.06. The van der Waals surface area contributed by atoms with Gasteiger partial charge in [-0.05, 0) is 32.0 Å². The van der Waals surface area contributed by atoms with Crippen molar-refractivity contribution in [3.05, 3.63) is 23.8 Å². The molecule has 18 heavy (non-hydrogen) atoms. The molecule has 0 amide bonds. The van der Waals surface area contributed by atoms with E-state index >= 15 is 0 Å². The molecule has 0 saturated heterocycles. The second-order valence-corrected chi connectivity index (χ2v) is 3.35. The van der Waals surface area contributed by atoms with Crippen LogP contribution in [-0.2, 0) is 0 Å². The molecular formula is C12H13F3O3. The number of rotatable bonds is 5. The summed E-state index contributed by atoms with van der Waals surface area (Å²) in [5.41, 5.74) is -0.464. The second kappa shape index (κ2) is 5.75. The smallest absolute Gasteiger partial charge is 0.454 e. The molecule has 0 aliphatic rings. The molecule has 0 unspecified atom stereocenters. The van der Waals surface area contributed by atoms with Crippen molar-refractivity contribution < 1.29 is 27.4 Å². The molecule has 0 saturated carbocycles. The number of hydrogen-bond acceptors (Lipinski definition) is 3. The van der Waals surface area contributed by atoms with Gasteiger partial charge in [0.05, 0.1) is 13.2 Å². The van der Waals surface area contributed by atoms with Gasteiger partial charge in [0.1, 0.15) is 0 Å². The molecule has 1 rings (SSSR count). The number of halogens is 3. The van der Waals surface area contributed by atoms with Gasteiger partial charge in [0.15, 0.2) is 11.5 Å². The van der Waals surface area contributed by atoms with Crippen LogP contribution in [0.2, 0.25) is 0 Å². The predicted octanol–water partition coefficient (Wildman–Crippen LogP) is 3.23. The van der Waals surface area contributed by atoms with Crippen LogP contribution in [0.25, 0.3) is 0 Å². The van der Waals surface area contributed by atoms with Gasteiger partial charge >= 0.3 is 6.18 Å². The lowest BCUT2D eigenvalue weighted by atomic mass is 10.1. The summed E-state index contributed by atoms with van der Waals surface area (Å²) in [5, 5.41) is 0. The Morgan fingerprint density at radius 3 is 2.17 bits per heavy atom. The minimum atomic E-state index is -4.89. The number of hydrogen-bond donors (Lipinski definition) is 0. The minimum absolute atomic E-state index is 0.134. The predicted molar refractivity (Wildman–Crippen MR) is 59.2 cm³/mol. The van der Waals surface area contributed by atoms with E-state index in [1.165, 1.54) is 6.07 Å². The van der Waals surface area contributed by atoms with Crippen molar-refractivity contribution in [1.29, 1.82) is 0 Å². The zero-order valence-corrected chi connectivity index (χ0v) is 10.0. The highest BCUT2D eigenvalue weighted by Crippen LogP contribution is 2.31. The molecule has 1 aromatic rings. The Bertz CT molecular complexity index is 427. The van der Waals surface area contributed by atoms with Crippen LogP contribution in [0, 0.1) is 0 Å². The van der Waals surface area contributed by atoms with Crippen molar-refractivity contribution in [3.63, 3.8) is 0 Å². The van der Waals surface area contributed by atoms with Gasteiger partial charge in [-0.2, -0.15) is 13.2 Å². The fourth-order valence-corrected chi connectivity index (χ4v) is 1.36. The first-order valence-corrected chi connectivity index (χ1v) is 5.41. The molecule has 0 N–H and O–H groups in total. The van der Waals surface area contributed by atoms with E-state index in [1.54, 1.807) is 13.8 Å². The van der Waals surface area contributed by atoms with E-state index in [1.807, 2.05) is 0 Å². The monoisotopic (exact) mass is 262 g/mol. The summed E-state index contributed by atoms with van der Waals surface area (Å²) < 4.78 is 47.2. The fraction of sp³-hybridized carbons (Fsp3) is 0.417. The quantitative estimate of drug-likeness (QED) is 0.764. The molecule has 0 aliphatic carbocycles. The van der Waals surface area contributed by atoms with Gasteiger partial charge in [-0.15, -0.1) is 0 Å². The molecule has 0 heterocycles. The third kappa shape index (κ3) is 3.38. The third-order valence-corrected chi connectivity index (χ3v) is 2.06. The standard InChI is InChI=1S/C12H13F3O3/c1-3-17-9-6-5-8(7-10(9)18-4-2)11(16)12(13,14)15/h5-7H,3-4H2,1-2H3. The molecule has 0 aliphatic heterocycles. The summed E-state index contributed by atoms with van der Waals surface area (Å²) in [5.74, 6) is -1.45. The highest BCUT2D eigenvalue weighted by Gasteiger charge is 2.39. The lowest BCUT2D eigenvalue weighted by Crippen LogP contribution is -2.22. The molecule has 0 bridgehead atoms. The summed E-state index contributed by atoms with van der Waals surface area (Å²) in [6, 6.07) is 3.42. The first-order valence-electron chi connectivity index (χ1n) is 5.41. The largest absolute Gasteiger partial charge is 0.490 e. The van der Waals surface area contributed by atoms with E-state index in [4.69, 9.17) is 9.47 Å². The normalized spacial score (nSPS) is 11.2. The van der Waals surface area contributed by atoms with Crippen LogP contribution in [0.1, 0.15) is 24.2 Å². The Morgan fingerprint density at radius 2 is 1.67 bits per heavy atom. The minimum Gasteiger partial charge on any atom is -0.490 e. The van der Waals surface area contributed by atoms with Crippen LogP contribution in [0.15, 0.2) is 18.2 Å². The van der Waals surface area contributed by atoms with Crippen LogP contribution in [0.3, 0.4) is 0 Å². The van der Waals surface area contributed by atoms with E-state index in [0.29, 0.717) is 12.4 Å². The van der Waals surface area contributed by atoms with Crippen LogP contribution < -0.4 is 9.47 Å². The van der Waals surface area contributed by atoms with Crippen molar-refractivity contribution in [2.75, 3.05) is 13.2 Å². The Morgan fingerprint density at radius 1 is 1.11 bits per heavy atom. The molecule has 0 fully saturated rings. The highest BCUT2D eigenvalue weighted by molar-refractivity contribution is 6.00. The molecule has 3 nitrogen and oxygen atoms in total. The maximum atomic E-state index is 12.3. The molecular weight excluding hydrogens is 249 g/mol. The van der Waals surface area contributed by atoms with Crippen molar-refractivity contribution in [2.24, 2.45) is 0 Å². The molecule has 6 heteroatoms. The van der Waals surface area contributed by atoms with E-state index in [9.17, 15) is 18.0 Å². The Balaban J connectivity index is 3.10. The van der Waals surface area contributed by atoms with Crippen molar-refractivity contribution in [2.45, 2.75) is 20.0 Å². The summed E-state index contributed by atoms with van der Waals surface area (Å²) in [6.07, 6.45) is -4.89. The second-order valence-electron chi connectivity index (χ2n) is 3.35. The Labute approximate surface area is 103 Å². The molecule has 100 valence electrons. The molecule has 0 radical (unpaired) electrons. The van der Waals surface area contributed by atoms with Crippen LogP contribution in [0.4, 0.5) is 13.2 Å². The lowest BCUT2D eigenvalue weighted by molar-refractivity contribution is -0.0885. The van der Waals surface area contributed by atoms with Crippen molar-refractivity contribution in [3.8, 4) is 11.5 Å². The van der Waals surface area contributed by atoms with Crippen molar-refractivity contribution in [1.82, 2.24) is 0 Å². The van der Waals surface area contributed by atoms with Gasteiger partial charge in [-0.3, -0.25) is 4.79 Å². The van der Waals surface area contributed by atoms with Crippen molar-refractivity contribution >= 4 is 5.78 Å². The van der Waals surface area contributed by atoms with E-state index in [-0.39, 0.29) is 12.4 Å². The Hall–Kier alpha value is -1.72. The zero-order valence-electron chi connectivity index (χ0n) is 10.0. The van der Waals surface area contributed by atoms with Crippen LogP contribution >= 0.6 is 0 Å². The van der Waals surface area contributed by atoms with Gasteiger partial charge in [0.2, 0.25) is 0 Å². The lowest BCUT2D eigenvalue weighted by Gasteiger charge is -2.12. The van der Waals surface area contributed by atoms with E-state index in [2.05, 4.69) is 0 Å². The number of benzene rings is 1. The first-order chi connectivity index (χ1) is 8.40. The molecule has 0 spiro atoms.